The molecule has 0 spiro atoms. The molecule has 1 rings (SSSR count). The normalized spacial score (nSPS) is 16.6. The zero-order chi connectivity index (χ0) is 17.5. The van der Waals surface area contributed by atoms with Crippen LogP contribution < -0.4 is 0 Å². The van der Waals surface area contributed by atoms with Gasteiger partial charge in [0.2, 0.25) is 0 Å². The molecule has 0 N–H and O–H groups in total. The lowest BCUT2D eigenvalue weighted by Crippen LogP contribution is -2.39. The Bertz CT molecular complexity index is 434. The summed E-state index contributed by atoms with van der Waals surface area (Å²) in [7, 11) is 0. The molecular weight excluding hydrogens is 300 g/mol. The average Bonchev–Trinajstić information content (AvgIpc) is 3.32. The summed E-state index contributed by atoms with van der Waals surface area (Å²) in [4.78, 5) is 23.3. The maximum absolute atomic E-state index is 11.6. The Morgan fingerprint density at radius 3 is 1.91 bits per heavy atom. The first-order chi connectivity index (χ1) is 10.8. The molecule has 23 heavy (non-hydrogen) atoms. The molecular formula is C17H26O6. The van der Waals surface area contributed by atoms with Gasteiger partial charge in [-0.15, -0.1) is 0 Å². The van der Waals surface area contributed by atoms with Crippen molar-refractivity contribution >= 4 is 11.9 Å². The SMILES string of the molecule is C=C(C)C(=O)OCC(CC)(COCC1CO1)COC(=O)C(=C)C. The molecule has 0 saturated carbocycles. The average molecular weight is 326 g/mol. The quantitative estimate of drug-likeness (QED) is 0.329. The van der Waals surface area contributed by atoms with Gasteiger partial charge in [0, 0.05) is 11.1 Å². The van der Waals surface area contributed by atoms with E-state index >= 15 is 0 Å². The standard InChI is InChI=1S/C17H26O6/c1-6-17(9-20-7-14-8-21-14,10-22-15(18)12(2)3)11-23-16(19)13(4)5/h14H,2,4,6-11H2,1,3,5H3. The number of hydrogen-bond acceptors (Lipinski definition) is 6. The van der Waals surface area contributed by atoms with Crippen molar-refractivity contribution in [2.24, 2.45) is 5.41 Å². The monoisotopic (exact) mass is 326 g/mol. The van der Waals surface area contributed by atoms with Crippen LogP contribution in [0.5, 0.6) is 0 Å². The molecule has 0 aromatic rings. The summed E-state index contributed by atoms with van der Waals surface area (Å²) < 4.78 is 21.3. The van der Waals surface area contributed by atoms with Crippen molar-refractivity contribution in [1.82, 2.24) is 0 Å². The zero-order valence-corrected chi connectivity index (χ0v) is 14.2. The number of esters is 2. The van der Waals surface area contributed by atoms with Crippen LogP contribution in [-0.4, -0.2) is 51.1 Å². The minimum absolute atomic E-state index is 0.0875. The van der Waals surface area contributed by atoms with Gasteiger partial charge in [0.15, 0.2) is 0 Å². The molecule has 1 aliphatic rings. The van der Waals surface area contributed by atoms with E-state index in [-0.39, 0.29) is 19.3 Å². The molecule has 0 bridgehead atoms. The first-order valence-corrected chi connectivity index (χ1v) is 7.64. The van der Waals surface area contributed by atoms with E-state index in [1.807, 2.05) is 6.92 Å². The van der Waals surface area contributed by atoms with E-state index in [4.69, 9.17) is 18.9 Å². The van der Waals surface area contributed by atoms with Gasteiger partial charge in [-0.1, -0.05) is 20.1 Å². The predicted molar refractivity (Wildman–Crippen MR) is 84.8 cm³/mol. The number of carbonyl (C=O) groups excluding carboxylic acids is 2. The minimum Gasteiger partial charge on any atom is -0.462 e. The molecule has 1 atom stereocenters. The van der Waals surface area contributed by atoms with Crippen LogP contribution in [0.3, 0.4) is 0 Å². The third-order valence-corrected chi connectivity index (χ3v) is 3.58. The van der Waals surface area contributed by atoms with Crippen LogP contribution in [0.15, 0.2) is 24.3 Å². The van der Waals surface area contributed by atoms with Crippen molar-refractivity contribution in [1.29, 1.82) is 0 Å². The van der Waals surface area contributed by atoms with Crippen LogP contribution in [0.1, 0.15) is 27.2 Å². The van der Waals surface area contributed by atoms with E-state index in [2.05, 4.69) is 13.2 Å². The van der Waals surface area contributed by atoms with Gasteiger partial charge >= 0.3 is 11.9 Å². The predicted octanol–water partition coefficient (Wildman–Crippen LogP) is 2.04. The van der Waals surface area contributed by atoms with Crippen LogP contribution >= 0.6 is 0 Å². The fourth-order valence-electron chi connectivity index (χ4n) is 1.69. The lowest BCUT2D eigenvalue weighted by Gasteiger charge is -2.31. The number of epoxide rings is 1. The smallest absolute Gasteiger partial charge is 0.333 e. The molecule has 1 aliphatic heterocycles. The van der Waals surface area contributed by atoms with Gasteiger partial charge in [0.05, 0.1) is 25.2 Å². The molecule has 130 valence electrons. The molecule has 1 fully saturated rings. The second kappa shape index (κ2) is 8.84. The van der Waals surface area contributed by atoms with E-state index in [1.165, 1.54) is 0 Å². The van der Waals surface area contributed by atoms with Gasteiger partial charge in [-0.2, -0.15) is 0 Å². The first-order valence-electron chi connectivity index (χ1n) is 7.64. The summed E-state index contributed by atoms with van der Waals surface area (Å²) in [6.07, 6.45) is 0.756. The molecule has 0 aromatic carbocycles. The van der Waals surface area contributed by atoms with Gasteiger partial charge in [0.1, 0.15) is 19.3 Å². The summed E-state index contributed by atoms with van der Waals surface area (Å²) in [5, 5.41) is 0. The maximum atomic E-state index is 11.6. The Kier molecular flexibility index (Phi) is 7.45. The van der Waals surface area contributed by atoms with E-state index < -0.39 is 17.4 Å². The Balaban J connectivity index is 2.63. The maximum Gasteiger partial charge on any atom is 0.333 e. The largest absolute Gasteiger partial charge is 0.462 e. The van der Waals surface area contributed by atoms with Crippen LogP contribution in [0.2, 0.25) is 0 Å². The van der Waals surface area contributed by atoms with Crippen LogP contribution in [0, 0.1) is 5.41 Å². The fourth-order valence-corrected chi connectivity index (χ4v) is 1.69. The number of hydrogen-bond donors (Lipinski definition) is 0. The molecule has 1 saturated heterocycles. The lowest BCUT2D eigenvalue weighted by molar-refractivity contribution is -0.153. The molecule has 0 aliphatic carbocycles. The third-order valence-electron chi connectivity index (χ3n) is 3.58. The topological polar surface area (TPSA) is 74.4 Å². The highest BCUT2D eigenvalue weighted by Gasteiger charge is 2.34. The second-order valence-electron chi connectivity index (χ2n) is 6.04. The summed E-state index contributed by atoms with van der Waals surface area (Å²) >= 11 is 0. The van der Waals surface area contributed by atoms with E-state index in [0.717, 1.165) is 0 Å². The summed E-state index contributed by atoms with van der Waals surface area (Å²) in [5.74, 6) is -0.945. The van der Waals surface area contributed by atoms with Crippen LogP contribution in [0.25, 0.3) is 0 Å². The summed E-state index contributed by atoms with van der Waals surface area (Å²) in [5.41, 5.74) is 0.0351. The van der Waals surface area contributed by atoms with Gasteiger partial charge in [-0.25, -0.2) is 9.59 Å². The molecule has 0 radical (unpaired) electrons. The molecule has 6 nitrogen and oxygen atoms in total. The molecule has 0 aromatic heterocycles. The van der Waals surface area contributed by atoms with Gasteiger partial charge in [0.25, 0.3) is 0 Å². The Morgan fingerprint density at radius 2 is 1.57 bits per heavy atom. The van der Waals surface area contributed by atoms with Crippen molar-refractivity contribution in [3.05, 3.63) is 24.3 Å². The zero-order valence-electron chi connectivity index (χ0n) is 14.2. The number of carbonyl (C=O) groups is 2. The van der Waals surface area contributed by atoms with Gasteiger partial charge < -0.3 is 18.9 Å². The number of ether oxygens (including phenoxy) is 4. The highest BCUT2D eigenvalue weighted by Crippen LogP contribution is 2.25. The molecule has 1 unspecified atom stereocenters. The van der Waals surface area contributed by atoms with Gasteiger partial charge in [-0.3, -0.25) is 0 Å². The first kappa shape index (κ1) is 19.4. The highest BCUT2D eigenvalue weighted by atomic mass is 16.6. The van der Waals surface area contributed by atoms with Crippen molar-refractivity contribution < 1.29 is 28.5 Å². The Labute approximate surface area is 137 Å². The molecule has 0 amide bonds. The molecule has 1 heterocycles. The summed E-state index contributed by atoms with van der Waals surface area (Å²) in [6.45, 7) is 13.9. The van der Waals surface area contributed by atoms with Crippen molar-refractivity contribution in [3.8, 4) is 0 Å². The third kappa shape index (κ3) is 6.97. The highest BCUT2D eigenvalue weighted by molar-refractivity contribution is 5.87. The lowest BCUT2D eigenvalue weighted by atomic mass is 9.88. The minimum atomic E-state index is -0.606. The van der Waals surface area contributed by atoms with E-state index in [1.54, 1.807) is 13.8 Å². The van der Waals surface area contributed by atoms with Crippen LogP contribution in [-0.2, 0) is 28.5 Å². The summed E-state index contributed by atoms with van der Waals surface area (Å²) in [6, 6.07) is 0. The Morgan fingerprint density at radius 1 is 1.09 bits per heavy atom. The van der Waals surface area contributed by atoms with Crippen molar-refractivity contribution in [2.45, 2.75) is 33.3 Å². The van der Waals surface area contributed by atoms with Crippen molar-refractivity contribution in [3.63, 3.8) is 0 Å². The van der Waals surface area contributed by atoms with E-state index in [9.17, 15) is 9.59 Å². The van der Waals surface area contributed by atoms with Crippen molar-refractivity contribution in [2.75, 3.05) is 33.0 Å². The van der Waals surface area contributed by atoms with E-state index in [0.29, 0.717) is 37.4 Å². The Hall–Kier alpha value is -1.66. The molecule has 6 heteroatoms. The second-order valence-corrected chi connectivity index (χ2v) is 6.04. The van der Waals surface area contributed by atoms with Gasteiger partial charge in [-0.05, 0) is 20.3 Å². The number of rotatable bonds is 11. The van der Waals surface area contributed by atoms with Crippen LogP contribution in [0.4, 0.5) is 0 Å². The fraction of sp³-hybridized carbons (Fsp3) is 0.647.